The summed E-state index contributed by atoms with van der Waals surface area (Å²) in [7, 11) is 1.65. The predicted octanol–water partition coefficient (Wildman–Crippen LogP) is 1.04. The number of carbonyl (C=O) groups is 1. The largest absolute Gasteiger partial charge is 0.385 e. The number of ketones is 1. The Kier molecular flexibility index (Phi) is 3.39. The molecule has 0 radical (unpaired) electrons. The minimum atomic E-state index is -0.750. The molecule has 3 heterocycles. The van der Waals surface area contributed by atoms with E-state index in [0.29, 0.717) is 13.0 Å². The summed E-state index contributed by atoms with van der Waals surface area (Å²) in [6, 6.07) is 0. The monoisotopic (exact) mass is 272 g/mol. The van der Waals surface area contributed by atoms with Gasteiger partial charge in [-0.25, -0.2) is 0 Å². The van der Waals surface area contributed by atoms with Crippen molar-refractivity contribution >= 4 is 5.78 Å². The zero-order chi connectivity index (χ0) is 13.6. The smallest absolute Gasteiger partial charge is 0.223 e. The molecule has 0 aromatic rings. The highest BCUT2D eigenvalue weighted by molar-refractivity contribution is 5.85. The van der Waals surface area contributed by atoms with Crippen molar-refractivity contribution < 1.29 is 28.8 Å². The van der Waals surface area contributed by atoms with Crippen LogP contribution in [-0.2, 0) is 28.8 Å². The average molecular weight is 272 g/mol. The van der Waals surface area contributed by atoms with Crippen LogP contribution in [0.2, 0.25) is 0 Å². The van der Waals surface area contributed by atoms with E-state index in [1.165, 1.54) is 0 Å². The van der Waals surface area contributed by atoms with Crippen molar-refractivity contribution in [1.29, 1.82) is 0 Å². The Labute approximate surface area is 112 Å². The number of methoxy groups -OCH3 is 1. The maximum Gasteiger partial charge on any atom is 0.223 e. The van der Waals surface area contributed by atoms with Crippen molar-refractivity contribution in [2.24, 2.45) is 11.8 Å². The van der Waals surface area contributed by atoms with Crippen molar-refractivity contribution in [2.45, 2.75) is 51.0 Å². The Hall–Kier alpha value is -0.530. The topological polar surface area (TPSA) is 63.2 Å². The van der Waals surface area contributed by atoms with Crippen molar-refractivity contribution in [2.75, 3.05) is 13.7 Å². The van der Waals surface area contributed by atoms with Crippen LogP contribution in [0.5, 0.6) is 0 Å². The summed E-state index contributed by atoms with van der Waals surface area (Å²) in [4.78, 5) is 22.8. The van der Waals surface area contributed by atoms with Crippen LogP contribution in [-0.4, -0.2) is 43.8 Å². The molecule has 0 unspecified atom stereocenters. The molecule has 3 fully saturated rings. The molecule has 3 aliphatic heterocycles. The van der Waals surface area contributed by atoms with Gasteiger partial charge in [-0.1, -0.05) is 13.8 Å². The Bertz CT molecular complexity index is 372. The van der Waals surface area contributed by atoms with Gasteiger partial charge in [-0.2, -0.15) is 9.78 Å². The molecule has 0 N–H and O–H groups in total. The summed E-state index contributed by atoms with van der Waals surface area (Å²) in [6.07, 6.45) is -0.171. The van der Waals surface area contributed by atoms with Crippen LogP contribution in [0.1, 0.15) is 26.7 Å². The second-order valence-corrected chi connectivity index (χ2v) is 5.58. The SMILES string of the molecule is COCCC[C@]12O[C@H]([C@H]3OO[C@@H]1O3)[C@H](C)C(=O)[C@@H]2C. The highest BCUT2D eigenvalue weighted by Gasteiger charge is 2.65. The summed E-state index contributed by atoms with van der Waals surface area (Å²) in [6.45, 7) is 4.35. The van der Waals surface area contributed by atoms with Crippen LogP contribution >= 0.6 is 0 Å². The summed E-state index contributed by atoms with van der Waals surface area (Å²) < 4.78 is 17.0. The highest BCUT2D eigenvalue weighted by atomic mass is 17.3. The first kappa shape index (κ1) is 13.5. The van der Waals surface area contributed by atoms with E-state index in [4.69, 9.17) is 24.0 Å². The second kappa shape index (κ2) is 4.79. The van der Waals surface area contributed by atoms with Crippen LogP contribution in [0, 0.1) is 11.8 Å². The van der Waals surface area contributed by atoms with E-state index in [-0.39, 0.29) is 23.7 Å². The van der Waals surface area contributed by atoms with Gasteiger partial charge < -0.3 is 14.2 Å². The standard InChI is InChI=1S/C13H20O6/c1-7-9(14)8(2)13(5-4-6-15-3)12-16-11(18-19-12)10(7)17-13/h7-8,10-12H,4-6H2,1-3H3/t7-,8+,10+,11-,12+,13-/m1/s1. The molecule has 0 aliphatic carbocycles. The van der Waals surface area contributed by atoms with Crippen molar-refractivity contribution in [1.82, 2.24) is 0 Å². The van der Waals surface area contributed by atoms with E-state index < -0.39 is 18.2 Å². The van der Waals surface area contributed by atoms with Gasteiger partial charge in [0.15, 0.2) is 0 Å². The molecule has 6 heteroatoms. The fraction of sp³-hybridized carbons (Fsp3) is 0.923. The Morgan fingerprint density at radius 3 is 2.84 bits per heavy atom. The highest BCUT2D eigenvalue weighted by Crippen LogP contribution is 2.49. The lowest BCUT2D eigenvalue weighted by molar-refractivity contribution is -0.319. The third kappa shape index (κ3) is 1.86. The third-order valence-electron chi connectivity index (χ3n) is 4.54. The van der Waals surface area contributed by atoms with Crippen molar-refractivity contribution in [3.05, 3.63) is 0 Å². The maximum atomic E-state index is 12.4. The Balaban J connectivity index is 1.88. The first-order valence-electron chi connectivity index (χ1n) is 6.78. The molecule has 6 nitrogen and oxygen atoms in total. The summed E-state index contributed by atoms with van der Waals surface area (Å²) in [5.74, 6) is -0.317. The third-order valence-corrected chi connectivity index (χ3v) is 4.54. The van der Waals surface area contributed by atoms with Gasteiger partial charge in [0, 0.05) is 25.6 Å². The summed E-state index contributed by atoms with van der Waals surface area (Å²) >= 11 is 0. The molecule has 108 valence electrons. The van der Waals surface area contributed by atoms with Gasteiger partial charge in [0.25, 0.3) is 0 Å². The van der Waals surface area contributed by atoms with Gasteiger partial charge in [-0.15, -0.1) is 0 Å². The molecule has 3 rings (SSSR count). The fourth-order valence-electron chi connectivity index (χ4n) is 3.29. The lowest BCUT2D eigenvalue weighted by Crippen LogP contribution is -2.66. The van der Waals surface area contributed by atoms with E-state index in [1.807, 2.05) is 13.8 Å². The van der Waals surface area contributed by atoms with E-state index in [0.717, 1.165) is 6.42 Å². The van der Waals surface area contributed by atoms with Crippen LogP contribution < -0.4 is 0 Å². The van der Waals surface area contributed by atoms with Crippen LogP contribution in [0.3, 0.4) is 0 Å². The number of rotatable bonds is 4. The van der Waals surface area contributed by atoms with Gasteiger partial charge in [-0.3, -0.25) is 4.79 Å². The molecule has 4 bridgehead atoms. The number of hydrogen-bond acceptors (Lipinski definition) is 6. The number of ether oxygens (including phenoxy) is 3. The van der Waals surface area contributed by atoms with E-state index in [9.17, 15) is 4.79 Å². The van der Waals surface area contributed by atoms with Crippen LogP contribution in [0.25, 0.3) is 0 Å². The zero-order valence-electron chi connectivity index (χ0n) is 11.5. The van der Waals surface area contributed by atoms with Crippen LogP contribution in [0.15, 0.2) is 0 Å². The quantitative estimate of drug-likeness (QED) is 0.563. The fourth-order valence-corrected chi connectivity index (χ4v) is 3.29. The van der Waals surface area contributed by atoms with Gasteiger partial charge in [0.1, 0.15) is 17.5 Å². The minimum Gasteiger partial charge on any atom is -0.385 e. The molecule has 6 atom stereocenters. The van der Waals surface area contributed by atoms with E-state index in [1.54, 1.807) is 7.11 Å². The molecule has 3 saturated heterocycles. The number of carbonyl (C=O) groups excluding carboxylic acids is 1. The first-order chi connectivity index (χ1) is 9.10. The number of fused-ring (bicyclic) bond motifs is 6. The zero-order valence-corrected chi connectivity index (χ0v) is 11.5. The van der Waals surface area contributed by atoms with Crippen LogP contribution in [0.4, 0.5) is 0 Å². The molecule has 0 aromatic heterocycles. The summed E-state index contributed by atoms with van der Waals surface area (Å²) in [5.41, 5.74) is -0.750. The number of Topliss-reactive ketones (excluding diaryl/α,β-unsaturated/α-hetero) is 1. The molecule has 0 aromatic carbocycles. The normalized spacial score (nSPS) is 48.6. The average Bonchev–Trinajstić information content (AvgIpc) is 2.85. The number of hydrogen-bond donors (Lipinski definition) is 0. The van der Waals surface area contributed by atoms with E-state index >= 15 is 0 Å². The lowest BCUT2D eigenvalue weighted by Gasteiger charge is -2.51. The molecule has 0 saturated carbocycles. The summed E-state index contributed by atoms with van der Waals surface area (Å²) in [5, 5.41) is 0. The Morgan fingerprint density at radius 2 is 2.11 bits per heavy atom. The van der Waals surface area contributed by atoms with E-state index in [2.05, 4.69) is 0 Å². The molecular formula is C13H20O6. The van der Waals surface area contributed by atoms with Gasteiger partial charge in [-0.05, 0) is 12.8 Å². The first-order valence-corrected chi connectivity index (χ1v) is 6.78. The minimum absolute atomic E-state index is 0.195. The molecule has 19 heavy (non-hydrogen) atoms. The maximum absolute atomic E-state index is 12.4. The lowest BCUT2D eigenvalue weighted by atomic mass is 9.72. The van der Waals surface area contributed by atoms with Crippen molar-refractivity contribution in [3.63, 3.8) is 0 Å². The molecule has 3 aliphatic rings. The molecular weight excluding hydrogens is 252 g/mol. The molecule has 0 spiro atoms. The van der Waals surface area contributed by atoms with Gasteiger partial charge in [0.05, 0.1) is 0 Å². The predicted molar refractivity (Wildman–Crippen MR) is 62.9 cm³/mol. The van der Waals surface area contributed by atoms with Gasteiger partial charge >= 0.3 is 0 Å². The molecule has 0 amide bonds. The Morgan fingerprint density at radius 1 is 1.32 bits per heavy atom. The second-order valence-electron chi connectivity index (χ2n) is 5.58. The van der Waals surface area contributed by atoms with Gasteiger partial charge in [0.2, 0.25) is 12.6 Å². The van der Waals surface area contributed by atoms with Crippen molar-refractivity contribution in [3.8, 4) is 0 Å².